The molecular formula is C16H19N3O. The molecule has 104 valence electrons. The first-order valence-electron chi connectivity index (χ1n) is 7.00. The smallest absolute Gasteiger partial charge is 0.223 e. The van der Waals surface area contributed by atoms with Crippen LogP contribution < -0.4 is 0 Å². The van der Waals surface area contributed by atoms with E-state index in [9.17, 15) is 4.79 Å². The number of carbonyl (C=O) groups excluding carboxylic acids is 1. The standard InChI is InChI=1S/C16H19N3O/c17-8-4-10-19(13-15-7-3-9-18-12-15)16(20)11-14-5-1-2-6-14/h1,3,5,7,9,12,14H,2,4,6,10-11,13H2. The van der Waals surface area contributed by atoms with Crippen molar-refractivity contribution >= 4 is 5.91 Å². The molecule has 1 unspecified atom stereocenters. The monoisotopic (exact) mass is 269 g/mol. The molecular weight excluding hydrogens is 250 g/mol. The second-order valence-corrected chi connectivity index (χ2v) is 5.05. The SMILES string of the molecule is N#CCCN(Cc1cccnc1)C(=O)CC1C=CCC1. The lowest BCUT2D eigenvalue weighted by molar-refractivity contribution is -0.132. The highest BCUT2D eigenvalue weighted by Crippen LogP contribution is 2.21. The van der Waals surface area contributed by atoms with E-state index in [0.717, 1.165) is 18.4 Å². The van der Waals surface area contributed by atoms with Crippen molar-refractivity contribution < 1.29 is 4.79 Å². The Hall–Kier alpha value is -2.15. The van der Waals surface area contributed by atoms with Crippen molar-refractivity contribution in [1.82, 2.24) is 9.88 Å². The summed E-state index contributed by atoms with van der Waals surface area (Å²) >= 11 is 0. The zero-order valence-electron chi connectivity index (χ0n) is 11.5. The van der Waals surface area contributed by atoms with Gasteiger partial charge in [-0.15, -0.1) is 0 Å². The van der Waals surface area contributed by atoms with Crippen LogP contribution in [0.3, 0.4) is 0 Å². The minimum Gasteiger partial charge on any atom is -0.337 e. The molecule has 0 spiro atoms. The Labute approximate surface area is 119 Å². The molecule has 0 bridgehead atoms. The number of pyridine rings is 1. The van der Waals surface area contributed by atoms with Crippen molar-refractivity contribution in [3.8, 4) is 6.07 Å². The van der Waals surface area contributed by atoms with E-state index in [1.54, 1.807) is 17.3 Å². The number of hydrogen-bond donors (Lipinski definition) is 0. The van der Waals surface area contributed by atoms with E-state index >= 15 is 0 Å². The molecule has 0 saturated heterocycles. The molecule has 1 aromatic heterocycles. The Morgan fingerprint density at radius 3 is 3.10 bits per heavy atom. The lowest BCUT2D eigenvalue weighted by Crippen LogP contribution is -2.32. The van der Waals surface area contributed by atoms with Crippen molar-refractivity contribution in [3.63, 3.8) is 0 Å². The number of nitrogens with zero attached hydrogens (tertiary/aromatic N) is 3. The molecule has 20 heavy (non-hydrogen) atoms. The molecule has 0 saturated carbocycles. The Balaban J connectivity index is 1.96. The van der Waals surface area contributed by atoms with Crippen LogP contribution in [0.15, 0.2) is 36.7 Å². The topological polar surface area (TPSA) is 57.0 Å². The van der Waals surface area contributed by atoms with Crippen molar-refractivity contribution in [2.45, 2.75) is 32.2 Å². The summed E-state index contributed by atoms with van der Waals surface area (Å²) in [6, 6.07) is 5.93. The summed E-state index contributed by atoms with van der Waals surface area (Å²) in [6.45, 7) is 1.02. The minimum atomic E-state index is 0.126. The summed E-state index contributed by atoms with van der Waals surface area (Å²) in [5.74, 6) is 0.488. The maximum absolute atomic E-state index is 12.4. The predicted molar refractivity (Wildman–Crippen MR) is 76.4 cm³/mol. The number of nitriles is 1. The average Bonchev–Trinajstić information content (AvgIpc) is 2.97. The van der Waals surface area contributed by atoms with E-state index in [-0.39, 0.29) is 5.91 Å². The molecule has 0 N–H and O–H groups in total. The Morgan fingerprint density at radius 1 is 1.55 bits per heavy atom. The fraction of sp³-hybridized carbons (Fsp3) is 0.438. The van der Waals surface area contributed by atoms with Crippen LogP contribution >= 0.6 is 0 Å². The number of amides is 1. The van der Waals surface area contributed by atoms with Gasteiger partial charge in [-0.2, -0.15) is 5.26 Å². The zero-order chi connectivity index (χ0) is 14.2. The molecule has 1 amide bonds. The minimum absolute atomic E-state index is 0.126. The molecule has 4 heteroatoms. The van der Waals surface area contributed by atoms with Gasteiger partial charge in [0.05, 0.1) is 12.5 Å². The van der Waals surface area contributed by atoms with E-state index in [1.165, 1.54) is 0 Å². The molecule has 0 aromatic carbocycles. The number of aromatic nitrogens is 1. The Bertz CT molecular complexity index is 504. The number of allylic oxidation sites excluding steroid dienone is 2. The lowest BCUT2D eigenvalue weighted by Gasteiger charge is -2.23. The summed E-state index contributed by atoms with van der Waals surface area (Å²) in [6.07, 6.45) is 10.8. The molecule has 1 atom stereocenters. The highest BCUT2D eigenvalue weighted by Gasteiger charge is 2.19. The maximum atomic E-state index is 12.4. The zero-order valence-corrected chi connectivity index (χ0v) is 11.5. The molecule has 1 heterocycles. The first-order valence-corrected chi connectivity index (χ1v) is 7.00. The third kappa shape index (κ3) is 4.20. The van der Waals surface area contributed by atoms with Crippen molar-refractivity contribution in [1.29, 1.82) is 5.26 Å². The maximum Gasteiger partial charge on any atom is 0.223 e. The van der Waals surface area contributed by atoms with E-state index in [2.05, 4.69) is 23.2 Å². The van der Waals surface area contributed by atoms with E-state index in [4.69, 9.17) is 5.26 Å². The van der Waals surface area contributed by atoms with Gasteiger partial charge in [0.1, 0.15) is 0 Å². The number of rotatable bonds is 6. The molecule has 4 nitrogen and oxygen atoms in total. The molecule has 0 radical (unpaired) electrons. The van der Waals surface area contributed by atoms with Gasteiger partial charge in [0, 0.05) is 31.9 Å². The second-order valence-electron chi connectivity index (χ2n) is 5.05. The van der Waals surface area contributed by atoms with Gasteiger partial charge in [-0.3, -0.25) is 9.78 Å². The third-order valence-electron chi connectivity index (χ3n) is 3.49. The average molecular weight is 269 g/mol. The van der Waals surface area contributed by atoms with Crippen LogP contribution in [-0.2, 0) is 11.3 Å². The summed E-state index contributed by atoms with van der Waals surface area (Å²) < 4.78 is 0. The number of hydrogen-bond acceptors (Lipinski definition) is 3. The number of carbonyl (C=O) groups is 1. The van der Waals surface area contributed by atoms with Gasteiger partial charge in [-0.1, -0.05) is 18.2 Å². The predicted octanol–water partition coefficient (Wildman–Crippen LogP) is 2.68. The molecule has 0 aliphatic heterocycles. The van der Waals surface area contributed by atoms with E-state index < -0.39 is 0 Å². The van der Waals surface area contributed by atoms with Crippen LogP contribution in [0.1, 0.15) is 31.2 Å². The largest absolute Gasteiger partial charge is 0.337 e. The quantitative estimate of drug-likeness (QED) is 0.746. The van der Waals surface area contributed by atoms with E-state index in [0.29, 0.717) is 31.8 Å². The van der Waals surface area contributed by atoms with E-state index in [1.807, 2.05) is 12.1 Å². The van der Waals surface area contributed by atoms with Crippen molar-refractivity contribution in [2.75, 3.05) is 6.54 Å². The summed E-state index contributed by atoms with van der Waals surface area (Å²) in [4.78, 5) is 18.2. The van der Waals surface area contributed by atoms with Crippen molar-refractivity contribution in [2.24, 2.45) is 5.92 Å². The van der Waals surface area contributed by atoms with Crippen LogP contribution in [0.5, 0.6) is 0 Å². The van der Waals surface area contributed by atoms with Gasteiger partial charge in [0.25, 0.3) is 0 Å². The van der Waals surface area contributed by atoms with Crippen LogP contribution in [0.25, 0.3) is 0 Å². The van der Waals surface area contributed by atoms with Crippen LogP contribution in [-0.4, -0.2) is 22.3 Å². The fourth-order valence-electron chi connectivity index (χ4n) is 2.41. The van der Waals surface area contributed by atoms with Crippen LogP contribution in [0.4, 0.5) is 0 Å². The molecule has 2 rings (SSSR count). The van der Waals surface area contributed by atoms with Crippen LogP contribution in [0, 0.1) is 17.2 Å². The Kier molecular flexibility index (Phi) is 5.31. The normalized spacial score (nSPS) is 16.9. The molecule has 1 aliphatic rings. The highest BCUT2D eigenvalue weighted by molar-refractivity contribution is 5.76. The first-order chi connectivity index (χ1) is 9.79. The summed E-state index contributed by atoms with van der Waals surface area (Å²) in [5, 5.41) is 8.74. The van der Waals surface area contributed by atoms with Gasteiger partial charge in [-0.05, 0) is 30.4 Å². The van der Waals surface area contributed by atoms with Crippen LogP contribution in [0.2, 0.25) is 0 Å². The molecule has 1 aliphatic carbocycles. The summed E-state index contributed by atoms with van der Waals surface area (Å²) in [7, 11) is 0. The van der Waals surface area contributed by atoms with Gasteiger partial charge in [0.2, 0.25) is 5.91 Å². The second kappa shape index (κ2) is 7.44. The Morgan fingerprint density at radius 2 is 2.45 bits per heavy atom. The fourth-order valence-corrected chi connectivity index (χ4v) is 2.41. The first kappa shape index (κ1) is 14.3. The van der Waals surface area contributed by atoms with Gasteiger partial charge >= 0.3 is 0 Å². The van der Waals surface area contributed by atoms with Crippen molar-refractivity contribution in [3.05, 3.63) is 42.2 Å². The third-order valence-corrected chi connectivity index (χ3v) is 3.49. The highest BCUT2D eigenvalue weighted by atomic mass is 16.2. The van der Waals surface area contributed by atoms with Gasteiger partial charge < -0.3 is 4.90 Å². The summed E-state index contributed by atoms with van der Waals surface area (Å²) in [5.41, 5.74) is 1.00. The van der Waals surface area contributed by atoms with Gasteiger partial charge in [0.15, 0.2) is 0 Å². The lowest BCUT2D eigenvalue weighted by atomic mass is 10.0. The molecule has 1 aromatic rings. The van der Waals surface area contributed by atoms with Gasteiger partial charge in [-0.25, -0.2) is 0 Å². The molecule has 0 fully saturated rings.